The van der Waals surface area contributed by atoms with Gasteiger partial charge in [-0.1, -0.05) is 0 Å². The van der Waals surface area contributed by atoms with Crippen LogP contribution in [-0.2, 0) is 71.4 Å². The minimum absolute atomic E-state index is 0.0584. The number of carbonyl (C=O) groups is 4. The zero-order valence-corrected chi connectivity index (χ0v) is 25.8. The topological polar surface area (TPSA) is 164 Å². The number of nitrogens with two attached hydrogens (primary N) is 1. The molecule has 2 amide bonds. The van der Waals surface area contributed by atoms with Crippen LogP contribution in [0.1, 0.15) is 12.8 Å². The van der Waals surface area contributed by atoms with E-state index in [0.717, 1.165) is 52.2 Å². The van der Waals surface area contributed by atoms with Crippen LogP contribution in [0.4, 0.5) is 0 Å². The first-order valence-corrected chi connectivity index (χ1v) is 18.7. The normalized spacial score (nSPS) is 11.5. The molecule has 0 heterocycles. The number of amides is 2. The van der Waals surface area contributed by atoms with Crippen LogP contribution in [0.3, 0.4) is 0 Å². The molecule has 130 valence electrons. The van der Waals surface area contributed by atoms with E-state index in [4.69, 9.17) is 5.73 Å². The third kappa shape index (κ3) is 16.9. The zero-order chi connectivity index (χ0) is 19.7. The summed E-state index contributed by atoms with van der Waals surface area (Å²) < 4.78 is 4.39. The Labute approximate surface area is 179 Å². The molecule has 0 saturated heterocycles. The number of carbonyl (C=O) groups excluding carboxylic acids is 4. The molecule has 9 nitrogen and oxygen atoms in total. The third-order valence-corrected chi connectivity index (χ3v) is 2.59. The number of hydrogen-bond donors (Lipinski definition) is 4. The second-order valence-electron chi connectivity index (χ2n) is 3.86. The maximum atomic E-state index is 11.5. The number of rotatable bonds is 9. The first-order valence-electron chi connectivity index (χ1n) is 7.03. The SMILES string of the molecule is NC(CCC(=O)NC(CS)C(=O)NCC(=O)[O-])C(=O)[O-].[CH3][Hg+].[CH3][Hg+]. The van der Waals surface area contributed by atoms with Crippen LogP contribution in [0, 0.1) is 0 Å². The van der Waals surface area contributed by atoms with Crippen molar-refractivity contribution in [1.82, 2.24) is 10.6 Å². The van der Waals surface area contributed by atoms with Crippen molar-refractivity contribution in [3.63, 3.8) is 0 Å². The predicted octanol–water partition coefficient (Wildman–Crippen LogP) is -3.71. The fraction of sp³-hybridized carbons (Fsp3) is 0.667. The summed E-state index contributed by atoms with van der Waals surface area (Å²) in [7, 11) is 0. The first-order chi connectivity index (χ1) is 11.3. The van der Waals surface area contributed by atoms with Crippen molar-refractivity contribution >= 4 is 36.4 Å². The molecule has 0 bridgehead atoms. The molecular weight excluding hydrogens is 715 g/mol. The summed E-state index contributed by atoms with van der Waals surface area (Å²) in [4.78, 5) is 43.4. The molecule has 24 heavy (non-hydrogen) atoms. The summed E-state index contributed by atoms with van der Waals surface area (Å²) in [6.07, 6.45) is -0.360. The maximum absolute atomic E-state index is 11.5. The Morgan fingerprint density at radius 3 is 2.00 bits per heavy atom. The van der Waals surface area contributed by atoms with Gasteiger partial charge in [0.25, 0.3) is 0 Å². The van der Waals surface area contributed by atoms with Gasteiger partial charge in [-0.25, -0.2) is 0 Å². The van der Waals surface area contributed by atoms with E-state index in [0.29, 0.717) is 0 Å². The zero-order valence-electron chi connectivity index (χ0n) is 13.9. The first kappa shape index (κ1) is 28.8. The van der Waals surface area contributed by atoms with Crippen LogP contribution in [0.2, 0.25) is 8.86 Å². The molecule has 12 heteroatoms. The van der Waals surface area contributed by atoms with Crippen molar-refractivity contribution < 1.29 is 81.6 Å². The van der Waals surface area contributed by atoms with Gasteiger partial charge < -0.3 is 36.2 Å². The standard InChI is InChI=1S/C10H17N3O6S.2CH3.2Hg/c11-5(10(18)19)1-2-7(14)13-6(4-20)9(17)12-3-8(15)16;;;;/h5-6,20H,1-4,11H2,(H,12,17)(H,13,14)(H,15,16)(H,18,19);2*1H3;;/q;;;2*+1/p-2. The molecule has 0 aliphatic carbocycles. The second kappa shape index (κ2) is 19.4. The molecule has 0 aromatic rings. The predicted molar refractivity (Wildman–Crippen MR) is 77.7 cm³/mol. The molecule has 0 fully saturated rings. The van der Waals surface area contributed by atoms with E-state index in [1.54, 1.807) is 0 Å². The molecule has 0 spiro atoms. The Morgan fingerprint density at radius 1 is 1.12 bits per heavy atom. The van der Waals surface area contributed by atoms with Gasteiger partial charge in [0.15, 0.2) is 0 Å². The van der Waals surface area contributed by atoms with E-state index in [1.807, 2.05) is 5.32 Å². The summed E-state index contributed by atoms with van der Waals surface area (Å²) in [5, 5.41) is 24.8. The number of thiol groups is 1. The second-order valence-corrected chi connectivity index (χ2v) is 4.22. The Kier molecular flexibility index (Phi) is 23.3. The van der Waals surface area contributed by atoms with Crippen molar-refractivity contribution in [2.24, 2.45) is 5.73 Å². The number of nitrogens with one attached hydrogen (secondary N) is 2. The van der Waals surface area contributed by atoms with Crippen LogP contribution in [0.25, 0.3) is 0 Å². The molecule has 0 aromatic carbocycles. The molecule has 0 radical (unpaired) electrons. The molecule has 0 aliphatic heterocycles. The summed E-state index contributed by atoms with van der Waals surface area (Å²) in [5.74, 6) is -4.35. The van der Waals surface area contributed by atoms with Gasteiger partial charge >= 0.3 is 61.1 Å². The minimum atomic E-state index is -1.48. The number of carboxylic acids is 2. The number of aliphatic carboxylic acids is 2. The summed E-state index contributed by atoms with van der Waals surface area (Å²) in [6, 6.07) is -2.31. The summed E-state index contributed by atoms with van der Waals surface area (Å²) in [5.41, 5.74) is 5.16. The fourth-order valence-corrected chi connectivity index (χ4v) is 1.40. The number of hydrogen-bond acceptors (Lipinski definition) is 8. The van der Waals surface area contributed by atoms with Gasteiger partial charge in [-0.2, -0.15) is 12.6 Å². The quantitative estimate of drug-likeness (QED) is 0.140. The van der Waals surface area contributed by atoms with Crippen molar-refractivity contribution in [3.05, 3.63) is 0 Å². The summed E-state index contributed by atoms with van der Waals surface area (Å²) in [6.45, 7) is -0.686. The Hall–Kier alpha value is 0.0601. The molecule has 2 unspecified atom stereocenters. The Balaban J connectivity index is -0.00000102. The number of carboxylic acid groups (broad SMARTS) is 2. The third-order valence-electron chi connectivity index (χ3n) is 2.23. The van der Waals surface area contributed by atoms with Crippen molar-refractivity contribution in [2.45, 2.75) is 33.8 Å². The molecular formula is C12H21Hg2N3O6S. The molecule has 0 saturated carbocycles. The van der Waals surface area contributed by atoms with E-state index in [-0.39, 0.29) is 18.6 Å². The van der Waals surface area contributed by atoms with Gasteiger partial charge in [0.2, 0.25) is 11.8 Å². The molecule has 2 atom stereocenters. The van der Waals surface area contributed by atoms with Crippen LogP contribution in [-0.4, -0.2) is 48.1 Å². The van der Waals surface area contributed by atoms with E-state index in [9.17, 15) is 29.4 Å². The van der Waals surface area contributed by atoms with Gasteiger partial charge in [-0.05, 0) is 6.42 Å². The molecule has 0 aliphatic rings. The van der Waals surface area contributed by atoms with E-state index < -0.39 is 42.4 Å². The van der Waals surface area contributed by atoms with Gasteiger partial charge in [-0.15, -0.1) is 0 Å². The Morgan fingerprint density at radius 2 is 1.62 bits per heavy atom. The molecule has 4 N–H and O–H groups in total. The van der Waals surface area contributed by atoms with E-state index in [1.165, 1.54) is 0 Å². The average molecular weight is 737 g/mol. The van der Waals surface area contributed by atoms with Crippen LogP contribution in [0.15, 0.2) is 0 Å². The van der Waals surface area contributed by atoms with Gasteiger partial charge in [0, 0.05) is 18.2 Å². The van der Waals surface area contributed by atoms with Crippen LogP contribution in [0.5, 0.6) is 0 Å². The van der Waals surface area contributed by atoms with E-state index in [2.05, 4.69) is 26.8 Å². The molecule has 0 aromatic heterocycles. The van der Waals surface area contributed by atoms with Crippen LogP contribution >= 0.6 is 12.6 Å². The van der Waals surface area contributed by atoms with E-state index >= 15 is 0 Å². The van der Waals surface area contributed by atoms with Crippen molar-refractivity contribution in [1.29, 1.82) is 0 Å². The van der Waals surface area contributed by atoms with Gasteiger partial charge in [0.05, 0.1) is 18.5 Å². The van der Waals surface area contributed by atoms with Crippen molar-refractivity contribution in [3.8, 4) is 0 Å². The Bertz CT molecular complexity index is 401. The van der Waals surface area contributed by atoms with Gasteiger partial charge in [-0.3, -0.25) is 9.59 Å². The monoisotopic (exact) mass is 739 g/mol. The van der Waals surface area contributed by atoms with Crippen LogP contribution < -0.4 is 26.6 Å². The average Bonchev–Trinajstić information content (AvgIpc) is 2.58. The van der Waals surface area contributed by atoms with Crippen molar-refractivity contribution in [2.75, 3.05) is 12.3 Å². The summed E-state index contributed by atoms with van der Waals surface area (Å²) >= 11 is 5.90. The molecule has 0 rings (SSSR count). The van der Waals surface area contributed by atoms with Gasteiger partial charge in [0.1, 0.15) is 6.04 Å². The fourth-order valence-electron chi connectivity index (χ4n) is 1.15.